The highest BCUT2D eigenvalue weighted by Gasteiger charge is 2.13. The Balaban J connectivity index is 1.94. The normalized spacial score (nSPS) is 14.5. The van der Waals surface area contributed by atoms with Gasteiger partial charge in [-0.15, -0.1) is 0 Å². The lowest BCUT2D eigenvalue weighted by Crippen LogP contribution is -2.22. The van der Waals surface area contributed by atoms with Crippen molar-refractivity contribution in [3.05, 3.63) is 45.8 Å². The molecule has 0 atom stereocenters. The third kappa shape index (κ3) is 2.61. The van der Waals surface area contributed by atoms with Gasteiger partial charge < -0.3 is 10.2 Å². The summed E-state index contributed by atoms with van der Waals surface area (Å²) in [7, 11) is 1.71. The predicted octanol–water partition coefficient (Wildman–Crippen LogP) is 2.53. The van der Waals surface area contributed by atoms with E-state index in [0.29, 0.717) is 11.4 Å². The molecule has 3 rings (SSSR count). The van der Waals surface area contributed by atoms with Gasteiger partial charge in [0.05, 0.1) is 17.6 Å². The summed E-state index contributed by atoms with van der Waals surface area (Å²) in [4.78, 5) is 14.6. The zero-order chi connectivity index (χ0) is 14.8. The summed E-state index contributed by atoms with van der Waals surface area (Å²) in [5.74, 6) is 0. The topological polar surface area (TPSA) is 50.2 Å². The van der Waals surface area contributed by atoms with Gasteiger partial charge in [0.25, 0.3) is 5.56 Å². The first-order valence-corrected chi connectivity index (χ1v) is 7.39. The van der Waals surface area contributed by atoms with Crippen LogP contribution in [0.15, 0.2) is 35.3 Å². The molecule has 110 valence electrons. The Labute approximate surface area is 128 Å². The van der Waals surface area contributed by atoms with Crippen LogP contribution in [0.1, 0.15) is 12.8 Å². The predicted molar refractivity (Wildman–Crippen MR) is 85.8 cm³/mol. The van der Waals surface area contributed by atoms with Crippen LogP contribution in [0.5, 0.6) is 0 Å². The molecule has 0 unspecified atom stereocenters. The molecule has 2 heterocycles. The van der Waals surface area contributed by atoms with Crippen molar-refractivity contribution < 1.29 is 0 Å². The molecule has 0 bridgehead atoms. The third-order valence-electron chi connectivity index (χ3n) is 3.75. The minimum Gasteiger partial charge on any atom is -0.385 e. The molecule has 21 heavy (non-hydrogen) atoms. The van der Waals surface area contributed by atoms with Crippen molar-refractivity contribution in [2.45, 2.75) is 12.8 Å². The van der Waals surface area contributed by atoms with Crippen LogP contribution in [0.2, 0.25) is 5.02 Å². The van der Waals surface area contributed by atoms with Crippen LogP contribution < -0.4 is 15.8 Å². The number of nitrogens with one attached hydrogen (secondary N) is 1. The number of halogens is 1. The van der Waals surface area contributed by atoms with E-state index in [1.807, 2.05) is 24.3 Å². The van der Waals surface area contributed by atoms with E-state index in [1.54, 1.807) is 13.2 Å². The Morgan fingerprint density at radius 3 is 2.38 bits per heavy atom. The molecule has 0 spiro atoms. The van der Waals surface area contributed by atoms with Crippen molar-refractivity contribution in [1.29, 1.82) is 0 Å². The Kier molecular flexibility index (Phi) is 3.84. The molecular formula is C15H17ClN4O. The van der Waals surface area contributed by atoms with Gasteiger partial charge in [-0.1, -0.05) is 11.6 Å². The van der Waals surface area contributed by atoms with Crippen molar-refractivity contribution in [2.24, 2.45) is 0 Å². The molecule has 1 aliphatic heterocycles. The Morgan fingerprint density at radius 1 is 1.14 bits per heavy atom. The summed E-state index contributed by atoms with van der Waals surface area (Å²) in [6.45, 7) is 2.19. The number of rotatable bonds is 3. The summed E-state index contributed by atoms with van der Waals surface area (Å²) < 4.78 is 1.32. The maximum absolute atomic E-state index is 12.2. The van der Waals surface area contributed by atoms with Crippen LogP contribution in [0.4, 0.5) is 11.4 Å². The molecule has 1 fully saturated rings. The zero-order valence-corrected chi connectivity index (χ0v) is 12.6. The monoisotopic (exact) mass is 304 g/mol. The molecule has 1 aliphatic rings. The van der Waals surface area contributed by atoms with Gasteiger partial charge in [0, 0.05) is 25.8 Å². The maximum Gasteiger partial charge on any atom is 0.292 e. The number of hydrogen-bond acceptors (Lipinski definition) is 4. The van der Waals surface area contributed by atoms with Crippen LogP contribution >= 0.6 is 11.6 Å². The second-order valence-electron chi connectivity index (χ2n) is 5.05. The fourth-order valence-electron chi connectivity index (χ4n) is 2.57. The van der Waals surface area contributed by atoms with Gasteiger partial charge in [-0.2, -0.15) is 9.78 Å². The lowest BCUT2D eigenvalue weighted by atomic mass is 10.2. The average Bonchev–Trinajstić information content (AvgIpc) is 3.05. The SMILES string of the molecule is CNc1cnn(-c2ccc(N3CCCC3)cc2)c(=O)c1Cl. The number of benzene rings is 1. The number of anilines is 2. The van der Waals surface area contributed by atoms with E-state index in [2.05, 4.69) is 15.3 Å². The van der Waals surface area contributed by atoms with Crippen molar-refractivity contribution >= 4 is 23.0 Å². The van der Waals surface area contributed by atoms with Crippen LogP contribution in [-0.4, -0.2) is 29.9 Å². The third-order valence-corrected chi connectivity index (χ3v) is 4.12. The minimum atomic E-state index is -0.322. The van der Waals surface area contributed by atoms with Gasteiger partial charge in [0.1, 0.15) is 5.02 Å². The second kappa shape index (κ2) is 5.77. The van der Waals surface area contributed by atoms with Crippen molar-refractivity contribution in [3.8, 4) is 5.69 Å². The number of aromatic nitrogens is 2. The Hall–Kier alpha value is -2.01. The first-order valence-electron chi connectivity index (χ1n) is 7.01. The first-order chi connectivity index (χ1) is 10.2. The smallest absolute Gasteiger partial charge is 0.292 e. The summed E-state index contributed by atoms with van der Waals surface area (Å²) >= 11 is 6.04. The highest BCUT2D eigenvalue weighted by atomic mass is 35.5. The van der Waals surface area contributed by atoms with Gasteiger partial charge in [-0.05, 0) is 37.1 Å². The number of hydrogen-bond donors (Lipinski definition) is 1. The fraction of sp³-hybridized carbons (Fsp3) is 0.333. The van der Waals surface area contributed by atoms with E-state index in [-0.39, 0.29) is 10.6 Å². The largest absolute Gasteiger partial charge is 0.385 e. The molecule has 1 saturated heterocycles. The highest BCUT2D eigenvalue weighted by Crippen LogP contribution is 2.21. The van der Waals surface area contributed by atoms with E-state index < -0.39 is 0 Å². The second-order valence-corrected chi connectivity index (χ2v) is 5.43. The molecule has 1 N–H and O–H groups in total. The van der Waals surface area contributed by atoms with Crippen molar-refractivity contribution in [3.63, 3.8) is 0 Å². The molecule has 5 nitrogen and oxygen atoms in total. The van der Waals surface area contributed by atoms with E-state index in [1.165, 1.54) is 23.2 Å². The van der Waals surface area contributed by atoms with Gasteiger partial charge in [-0.3, -0.25) is 4.79 Å². The maximum atomic E-state index is 12.2. The molecule has 0 saturated carbocycles. The van der Waals surface area contributed by atoms with Crippen molar-refractivity contribution in [2.75, 3.05) is 30.4 Å². The molecule has 6 heteroatoms. The minimum absolute atomic E-state index is 0.149. The molecule has 0 aliphatic carbocycles. The van der Waals surface area contributed by atoms with Crippen LogP contribution in [0.25, 0.3) is 5.69 Å². The Bertz CT molecular complexity index is 690. The molecular weight excluding hydrogens is 288 g/mol. The van der Waals surface area contributed by atoms with Gasteiger partial charge in [-0.25, -0.2) is 0 Å². The first kappa shape index (κ1) is 13.9. The van der Waals surface area contributed by atoms with Crippen LogP contribution in [0.3, 0.4) is 0 Å². The molecule has 1 aromatic carbocycles. The number of nitrogens with zero attached hydrogens (tertiary/aromatic N) is 3. The van der Waals surface area contributed by atoms with E-state index in [9.17, 15) is 4.79 Å². The lowest BCUT2D eigenvalue weighted by molar-refractivity contribution is 0.808. The molecule has 0 radical (unpaired) electrons. The average molecular weight is 305 g/mol. The molecule has 1 aromatic heterocycles. The van der Waals surface area contributed by atoms with E-state index >= 15 is 0 Å². The molecule has 2 aromatic rings. The van der Waals surface area contributed by atoms with Crippen LogP contribution in [-0.2, 0) is 0 Å². The fourth-order valence-corrected chi connectivity index (χ4v) is 2.79. The summed E-state index contributed by atoms with van der Waals surface area (Å²) in [5.41, 5.74) is 2.11. The van der Waals surface area contributed by atoms with Gasteiger partial charge >= 0.3 is 0 Å². The Morgan fingerprint density at radius 2 is 1.76 bits per heavy atom. The van der Waals surface area contributed by atoms with Crippen molar-refractivity contribution in [1.82, 2.24) is 9.78 Å². The summed E-state index contributed by atoms with van der Waals surface area (Å²) in [6, 6.07) is 7.85. The quantitative estimate of drug-likeness (QED) is 0.947. The van der Waals surface area contributed by atoms with Gasteiger partial charge in [0.2, 0.25) is 0 Å². The summed E-state index contributed by atoms with van der Waals surface area (Å²) in [6.07, 6.45) is 4.03. The van der Waals surface area contributed by atoms with Crippen LogP contribution in [0, 0.1) is 0 Å². The standard InChI is InChI=1S/C15H17ClN4O/c1-17-13-10-18-20(15(21)14(13)16)12-6-4-11(5-7-12)19-8-2-3-9-19/h4-7,10,17H,2-3,8-9H2,1H3. The van der Waals surface area contributed by atoms with Gasteiger partial charge in [0.15, 0.2) is 0 Å². The zero-order valence-electron chi connectivity index (χ0n) is 11.8. The van der Waals surface area contributed by atoms with E-state index in [4.69, 9.17) is 11.6 Å². The summed E-state index contributed by atoms with van der Waals surface area (Å²) in [5, 5.41) is 7.15. The van der Waals surface area contributed by atoms with E-state index in [0.717, 1.165) is 13.1 Å². The molecule has 0 amide bonds. The highest BCUT2D eigenvalue weighted by molar-refractivity contribution is 6.32. The lowest BCUT2D eigenvalue weighted by Gasteiger charge is -2.17.